The second-order valence-electron chi connectivity index (χ2n) is 6.72. The summed E-state index contributed by atoms with van der Waals surface area (Å²) in [5, 5.41) is 21.2. The van der Waals surface area contributed by atoms with Gasteiger partial charge in [-0.3, -0.25) is 19.3 Å². The zero-order valence-corrected chi connectivity index (χ0v) is 15.4. The molecule has 2 unspecified atom stereocenters. The molecular weight excluding hydrogens is 376 g/mol. The number of para-hydroxylation sites is 1. The van der Waals surface area contributed by atoms with Crippen LogP contribution in [0, 0.1) is 0 Å². The lowest BCUT2D eigenvalue weighted by Gasteiger charge is -2.28. The van der Waals surface area contributed by atoms with E-state index in [0.29, 0.717) is 16.8 Å². The van der Waals surface area contributed by atoms with Crippen molar-refractivity contribution in [3.8, 4) is 0 Å². The van der Waals surface area contributed by atoms with Crippen LogP contribution in [-0.4, -0.2) is 46.0 Å². The van der Waals surface area contributed by atoms with Gasteiger partial charge in [-0.05, 0) is 30.2 Å². The number of hydrogen-bond donors (Lipinski definition) is 3. The average Bonchev–Trinajstić information content (AvgIpc) is 3.11. The van der Waals surface area contributed by atoms with Gasteiger partial charge in [0.15, 0.2) is 0 Å². The lowest BCUT2D eigenvalue weighted by Crippen LogP contribution is -2.53. The molecule has 0 saturated heterocycles. The zero-order chi connectivity index (χ0) is 21.0. The molecule has 0 radical (unpaired) electrons. The Morgan fingerprint density at radius 2 is 1.66 bits per heavy atom. The number of hydrogen-bond acceptors (Lipinski definition) is 4. The molecule has 8 nitrogen and oxygen atoms in total. The topological polar surface area (TPSA) is 124 Å². The first kappa shape index (κ1) is 20.1. The van der Waals surface area contributed by atoms with Crippen molar-refractivity contribution in [2.24, 2.45) is 0 Å². The SMILES string of the molecule is O=C(O)CCC(NC(=O)c1ccccc1)C(=O)N1c2ccccc2CC1C(=O)O. The Balaban J connectivity index is 1.89. The van der Waals surface area contributed by atoms with Crippen molar-refractivity contribution in [1.29, 1.82) is 0 Å². The molecule has 1 aliphatic heterocycles. The minimum Gasteiger partial charge on any atom is -0.481 e. The maximum absolute atomic E-state index is 13.3. The molecule has 0 aromatic heterocycles. The highest BCUT2D eigenvalue weighted by atomic mass is 16.4. The van der Waals surface area contributed by atoms with E-state index in [4.69, 9.17) is 5.11 Å². The van der Waals surface area contributed by atoms with Crippen molar-refractivity contribution in [1.82, 2.24) is 5.32 Å². The van der Waals surface area contributed by atoms with Gasteiger partial charge in [-0.15, -0.1) is 0 Å². The third kappa shape index (κ3) is 4.43. The van der Waals surface area contributed by atoms with Gasteiger partial charge >= 0.3 is 11.9 Å². The number of nitrogens with zero attached hydrogens (tertiary/aromatic N) is 1. The number of carbonyl (C=O) groups is 4. The van der Waals surface area contributed by atoms with Gasteiger partial charge in [0.1, 0.15) is 12.1 Å². The van der Waals surface area contributed by atoms with Gasteiger partial charge in [0.2, 0.25) is 5.91 Å². The third-order valence-electron chi connectivity index (χ3n) is 4.78. The van der Waals surface area contributed by atoms with Gasteiger partial charge in [-0.25, -0.2) is 4.79 Å². The van der Waals surface area contributed by atoms with Gasteiger partial charge in [-0.1, -0.05) is 36.4 Å². The van der Waals surface area contributed by atoms with Crippen LogP contribution in [-0.2, 0) is 20.8 Å². The van der Waals surface area contributed by atoms with Crippen LogP contribution >= 0.6 is 0 Å². The maximum atomic E-state index is 13.3. The summed E-state index contributed by atoms with van der Waals surface area (Å²) in [6, 6.07) is 12.8. The molecule has 2 aromatic rings. The van der Waals surface area contributed by atoms with Crippen molar-refractivity contribution < 1.29 is 29.4 Å². The lowest BCUT2D eigenvalue weighted by molar-refractivity contribution is -0.140. The summed E-state index contributed by atoms with van der Waals surface area (Å²) in [5.74, 6) is -3.46. The molecular formula is C21H20N2O6. The molecule has 0 aliphatic carbocycles. The summed E-state index contributed by atoms with van der Waals surface area (Å²) in [5.41, 5.74) is 1.48. The van der Waals surface area contributed by atoms with E-state index in [9.17, 15) is 24.3 Å². The molecule has 1 heterocycles. The fourth-order valence-electron chi connectivity index (χ4n) is 3.38. The molecule has 29 heavy (non-hydrogen) atoms. The van der Waals surface area contributed by atoms with Crippen LogP contribution in [0.4, 0.5) is 5.69 Å². The molecule has 2 atom stereocenters. The number of carbonyl (C=O) groups excluding carboxylic acids is 2. The molecule has 1 aliphatic rings. The number of fused-ring (bicyclic) bond motifs is 1. The summed E-state index contributed by atoms with van der Waals surface area (Å²) in [7, 11) is 0. The van der Waals surface area contributed by atoms with Crippen molar-refractivity contribution in [2.45, 2.75) is 31.3 Å². The van der Waals surface area contributed by atoms with Gasteiger partial charge in [0.05, 0.1) is 0 Å². The van der Waals surface area contributed by atoms with Gasteiger partial charge in [-0.2, -0.15) is 0 Å². The van der Waals surface area contributed by atoms with Gasteiger partial charge in [0.25, 0.3) is 5.91 Å². The lowest BCUT2D eigenvalue weighted by atomic mass is 10.1. The van der Waals surface area contributed by atoms with Crippen LogP contribution in [0.25, 0.3) is 0 Å². The minimum atomic E-state index is -1.17. The smallest absolute Gasteiger partial charge is 0.327 e. The Kier molecular flexibility index (Phi) is 5.92. The Hall–Kier alpha value is -3.68. The van der Waals surface area contributed by atoms with Crippen molar-refractivity contribution in [2.75, 3.05) is 4.90 Å². The standard InChI is InChI=1S/C21H20N2O6/c24-18(25)11-10-15(22-19(26)13-6-2-1-3-7-13)20(27)23-16-9-5-4-8-14(16)12-17(23)21(28)29/h1-9,15,17H,10-12H2,(H,22,26)(H,24,25)(H,28,29). The molecule has 3 N–H and O–H groups in total. The largest absolute Gasteiger partial charge is 0.481 e. The monoisotopic (exact) mass is 396 g/mol. The van der Waals surface area contributed by atoms with E-state index in [2.05, 4.69) is 5.32 Å². The zero-order valence-electron chi connectivity index (χ0n) is 15.4. The first-order valence-corrected chi connectivity index (χ1v) is 9.10. The van der Waals surface area contributed by atoms with Crippen LogP contribution in [0.15, 0.2) is 54.6 Å². The normalized spacial score (nSPS) is 16.0. The molecule has 0 saturated carbocycles. The van der Waals surface area contributed by atoms with E-state index in [0.717, 1.165) is 4.90 Å². The number of carboxylic acid groups (broad SMARTS) is 2. The van der Waals surface area contributed by atoms with Crippen LogP contribution in [0.1, 0.15) is 28.8 Å². The minimum absolute atomic E-state index is 0.148. The molecule has 0 spiro atoms. The van der Waals surface area contributed by atoms with E-state index in [1.165, 1.54) is 0 Å². The maximum Gasteiger partial charge on any atom is 0.327 e. The summed E-state index contributed by atoms with van der Waals surface area (Å²) in [4.78, 5) is 49.7. The fraction of sp³-hybridized carbons (Fsp3) is 0.238. The van der Waals surface area contributed by atoms with Crippen LogP contribution in [0.2, 0.25) is 0 Å². The van der Waals surface area contributed by atoms with E-state index < -0.39 is 35.8 Å². The van der Waals surface area contributed by atoms with E-state index in [-0.39, 0.29) is 19.3 Å². The molecule has 8 heteroatoms. The summed E-state index contributed by atoms with van der Waals surface area (Å²) in [6.45, 7) is 0. The Labute approximate surface area is 166 Å². The van der Waals surface area contributed by atoms with Gasteiger partial charge in [0, 0.05) is 24.1 Å². The van der Waals surface area contributed by atoms with Crippen molar-refractivity contribution >= 4 is 29.4 Å². The molecule has 2 aromatic carbocycles. The quantitative estimate of drug-likeness (QED) is 0.654. The van der Waals surface area contributed by atoms with Crippen molar-refractivity contribution in [3.63, 3.8) is 0 Å². The van der Waals surface area contributed by atoms with Crippen LogP contribution in [0.5, 0.6) is 0 Å². The molecule has 150 valence electrons. The number of amides is 2. The van der Waals surface area contributed by atoms with E-state index >= 15 is 0 Å². The highest BCUT2D eigenvalue weighted by Crippen LogP contribution is 2.33. The summed E-state index contributed by atoms with van der Waals surface area (Å²) >= 11 is 0. The number of aliphatic carboxylic acids is 2. The number of anilines is 1. The van der Waals surface area contributed by atoms with E-state index in [1.807, 2.05) is 0 Å². The molecule has 0 fully saturated rings. The van der Waals surface area contributed by atoms with E-state index in [1.54, 1.807) is 54.6 Å². The number of nitrogens with one attached hydrogen (secondary N) is 1. The highest BCUT2D eigenvalue weighted by Gasteiger charge is 2.41. The average molecular weight is 396 g/mol. The highest BCUT2D eigenvalue weighted by molar-refractivity contribution is 6.07. The Morgan fingerprint density at radius 1 is 1.00 bits per heavy atom. The second-order valence-corrected chi connectivity index (χ2v) is 6.72. The third-order valence-corrected chi connectivity index (χ3v) is 4.78. The Bertz CT molecular complexity index is 943. The Morgan fingerprint density at radius 3 is 2.31 bits per heavy atom. The second kappa shape index (κ2) is 8.55. The first-order valence-electron chi connectivity index (χ1n) is 9.10. The number of carboxylic acids is 2. The number of benzene rings is 2. The predicted molar refractivity (Wildman–Crippen MR) is 104 cm³/mol. The fourth-order valence-corrected chi connectivity index (χ4v) is 3.38. The van der Waals surface area contributed by atoms with Crippen LogP contribution < -0.4 is 10.2 Å². The summed E-state index contributed by atoms with van der Waals surface area (Å²) < 4.78 is 0. The molecule has 0 bridgehead atoms. The first-order chi connectivity index (χ1) is 13.9. The number of rotatable bonds is 7. The van der Waals surface area contributed by atoms with Crippen LogP contribution in [0.3, 0.4) is 0 Å². The van der Waals surface area contributed by atoms with Crippen molar-refractivity contribution in [3.05, 3.63) is 65.7 Å². The molecule has 2 amide bonds. The predicted octanol–water partition coefficient (Wildman–Crippen LogP) is 1.69. The summed E-state index contributed by atoms with van der Waals surface area (Å²) in [6.07, 6.45) is -0.355. The molecule has 3 rings (SSSR count). The van der Waals surface area contributed by atoms with Gasteiger partial charge < -0.3 is 15.5 Å².